The Hall–Kier alpha value is -1.91. The fourth-order valence-corrected chi connectivity index (χ4v) is 5.59. The van der Waals surface area contributed by atoms with Gasteiger partial charge in [-0.15, -0.1) is 11.8 Å². The summed E-state index contributed by atoms with van der Waals surface area (Å²) in [5.41, 5.74) is -5.32. The van der Waals surface area contributed by atoms with Gasteiger partial charge in [-0.1, -0.05) is 18.2 Å². The van der Waals surface area contributed by atoms with E-state index in [4.69, 9.17) is 14.2 Å². The van der Waals surface area contributed by atoms with Gasteiger partial charge in [0, 0.05) is 18.0 Å². The number of halogens is 2. The van der Waals surface area contributed by atoms with Crippen LogP contribution in [0.3, 0.4) is 0 Å². The Morgan fingerprint density at radius 1 is 1.19 bits per heavy atom. The highest BCUT2D eigenvalue weighted by atomic mass is 32.2. The molecule has 2 aliphatic heterocycles. The Bertz CT molecular complexity index is 823. The van der Waals surface area contributed by atoms with Gasteiger partial charge in [-0.25, -0.2) is 9.59 Å². The maximum absolute atomic E-state index is 15.9. The van der Waals surface area contributed by atoms with E-state index in [9.17, 15) is 14.7 Å². The quantitative estimate of drug-likeness (QED) is 0.627. The molecule has 1 aromatic carbocycles. The number of alkyl halides is 2. The van der Waals surface area contributed by atoms with E-state index in [0.717, 1.165) is 16.7 Å². The number of carbonyl (C=O) groups excluding carboxylic acids is 2. The van der Waals surface area contributed by atoms with Gasteiger partial charge in [0.1, 0.15) is 17.8 Å². The second kappa shape index (κ2) is 8.55. The highest BCUT2D eigenvalue weighted by Gasteiger charge is 2.89. The maximum Gasteiger partial charge on any atom is 0.411 e. The van der Waals surface area contributed by atoms with Gasteiger partial charge in [0.25, 0.3) is 0 Å². The molecule has 10 heteroatoms. The molecular weight excluding hydrogens is 432 g/mol. The van der Waals surface area contributed by atoms with E-state index in [1.54, 1.807) is 44.2 Å². The summed E-state index contributed by atoms with van der Waals surface area (Å²) in [5.74, 6) is -5.38. The zero-order valence-corrected chi connectivity index (χ0v) is 18.7. The van der Waals surface area contributed by atoms with Gasteiger partial charge in [0.2, 0.25) is 0 Å². The van der Waals surface area contributed by atoms with E-state index in [2.05, 4.69) is 0 Å². The van der Waals surface area contributed by atoms with Crippen LogP contribution in [0.4, 0.5) is 13.6 Å². The number of ether oxygens (including phenoxy) is 3. The van der Waals surface area contributed by atoms with Crippen molar-refractivity contribution in [2.24, 2.45) is 0 Å². The minimum Gasteiger partial charge on any atom is -0.463 e. The second-order valence-electron chi connectivity index (χ2n) is 7.55. The summed E-state index contributed by atoms with van der Waals surface area (Å²) in [6, 6.07) is 8.73. The maximum atomic E-state index is 15.9. The van der Waals surface area contributed by atoms with Gasteiger partial charge in [0.15, 0.2) is 0 Å². The predicted octanol–water partition coefficient (Wildman–Crippen LogP) is 3.09. The van der Waals surface area contributed by atoms with Crippen molar-refractivity contribution < 1.29 is 37.7 Å². The first-order chi connectivity index (χ1) is 14.6. The zero-order valence-electron chi connectivity index (χ0n) is 17.8. The molecular formula is C21H27F2NO6S. The van der Waals surface area contributed by atoms with Crippen LogP contribution in [-0.2, 0) is 19.0 Å². The third-order valence-corrected chi connectivity index (χ3v) is 7.23. The molecule has 0 saturated carbocycles. The summed E-state index contributed by atoms with van der Waals surface area (Å²) >= 11 is 1.03. The lowest BCUT2D eigenvalue weighted by Crippen LogP contribution is -2.75. The number of amides is 1. The normalized spacial score (nSPS) is 33.2. The van der Waals surface area contributed by atoms with Crippen LogP contribution >= 0.6 is 11.8 Å². The number of nitrogens with zero attached hydrogens (tertiary/aromatic N) is 1. The van der Waals surface area contributed by atoms with Crippen LogP contribution in [0, 0.1) is 0 Å². The minimum atomic E-state index is -3.94. The topological polar surface area (TPSA) is 85.3 Å². The van der Waals surface area contributed by atoms with E-state index in [1.807, 2.05) is 0 Å². The molecule has 2 aliphatic rings. The molecule has 172 valence electrons. The van der Waals surface area contributed by atoms with Gasteiger partial charge in [0.05, 0.1) is 11.9 Å². The van der Waals surface area contributed by atoms with Crippen molar-refractivity contribution in [3.8, 4) is 0 Å². The predicted molar refractivity (Wildman–Crippen MR) is 109 cm³/mol. The van der Waals surface area contributed by atoms with E-state index < -0.39 is 46.6 Å². The lowest BCUT2D eigenvalue weighted by atomic mass is 9.70. The molecule has 1 aromatic rings. The number of aliphatic hydroxyl groups excluding tert-OH is 1. The smallest absolute Gasteiger partial charge is 0.411 e. The molecule has 2 heterocycles. The number of benzene rings is 1. The summed E-state index contributed by atoms with van der Waals surface area (Å²) in [4.78, 5) is 27.4. The van der Waals surface area contributed by atoms with Crippen LogP contribution in [0.2, 0.25) is 0 Å². The highest BCUT2D eigenvalue weighted by molar-refractivity contribution is 8.00. The summed E-state index contributed by atoms with van der Waals surface area (Å²) in [6.45, 7) is 6.10. The van der Waals surface area contributed by atoms with Crippen LogP contribution < -0.4 is 0 Å². The zero-order chi connectivity index (χ0) is 23.0. The van der Waals surface area contributed by atoms with Crippen molar-refractivity contribution in [3.05, 3.63) is 30.3 Å². The van der Waals surface area contributed by atoms with E-state index >= 15 is 8.78 Å². The molecule has 0 unspecified atom stereocenters. The number of fused-ring (bicyclic) bond motifs is 2. The van der Waals surface area contributed by atoms with Crippen LogP contribution in [0.15, 0.2) is 35.2 Å². The van der Waals surface area contributed by atoms with E-state index in [0.29, 0.717) is 4.90 Å². The van der Waals surface area contributed by atoms with E-state index in [1.165, 1.54) is 13.8 Å². The van der Waals surface area contributed by atoms with Crippen molar-refractivity contribution in [1.29, 1.82) is 0 Å². The van der Waals surface area contributed by atoms with Crippen molar-refractivity contribution in [1.82, 2.24) is 4.90 Å². The Kier molecular flexibility index (Phi) is 6.55. The first-order valence-electron chi connectivity index (χ1n) is 10.2. The molecule has 3 rings (SSSR count). The number of hydrogen-bond donors (Lipinski definition) is 1. The van der Waals surface area contributed by atoms with Gasteiger partial charge in [-0.3, -0.25) is 0 Å². The summed E-state index contributed by atoms with van der Waals surface area (Å²) in [6.07, 6.45) is -4.50. The minimum absolute atomic E-state index is 0.190. The highest BCUT2D eigenvalue weighted by Crippen LogP contribution is 2.63. The molecule has 0 radical (unpaired) electrons. The monoisotopic (exact) mass is 459 g/mol. The van der Waals surface area contributed by atoms with Crippen LogP contribution in [0.1, 0.15) is 27.7 Å². The number of thioether (sulfide) groups is 1. The van der Waals surface area contributed by atoms with Crippen LogP contribution in [0.25, 0.3) is 0 Å². The average molecular weight is 460 g/mol. The molecule has 0 spiro atoms. The molecule has 1 amide bonds. The summed E-state index contributed by atoms with van der Waals surface area (Å²) in [7, 11) is 0. The van der Waals surface area contributed by atoms with Gasteiger partial charge >= 0.3 is 23.6 Å². The van der Waals surface area contributed by atoms with Gasteiger partial charge < -0.3 is 24.2 Å². The van der Waals surface area contributed by atoms with Crippen LogP contribution in [-0.4, -0.2) is 76.3 Å². The van der Waals surface area contributed by atoms with Crippen molar-refractivity contribution in [2.45, 2.75) is 67.2 Å². The molecule has 1 N–H and O–H groups in total. The number of esters is 1. The van der Waals surface area contributed by atoms with Crippen molar-refractivity contribution in [3.63, 3.8) is 0 Å². The van der Waals surface area contributed by atoms with Crippen molar-refractivity contribution >= 4 is 23.8 Å². The third-order valence-electron chi connectivity index (χ3n) is 5.91. The Labute approximate surface area is 184 Å². The van der Waals surface area contributed by atoms with E-state index in [-0.39, 0.29) is 19.7 Å². The molecule has 5 atom stereocenters. The molecule has 0 aliphatic carbocycles. The fourth-order valence-electron chi connectivity index (χ4n) is 4.22. The third kappa shape index (κ3) is 3.39. The standard InChI is InChI=1S/C21H27F2NO6S/c1-5-24(6-2)18(27)30-20(17(26)28-7-3)19(4)15(25)14(16(29-19)21(20,22)23)31-13-11-9-8-10-12-13/h8-12,14-16,25H,5-7H2,1-4H3/t14-,15-,16-,19+,20-/m0/s1. The Balaban J connectivity index is 2.04. The average Bonchev–Trinajstić information content (AvgIpc) is 3.09. The number of hydrogen-bond acceptors (Lipinski definition) is 7. The van der Waals surface area contributed by atoms with Crippen molar-refractivity contribution in [2.75, 3.05) is 19.7 Å². The van der Waals surface area contributed by atoms with Gasteiger partial charge in [-0.05, 0) is 39.8 Å². The number of rotatable bonds is 7. The Morgan fingerprint density at radius 3 is 2.35 bits per heavy atom. The fraction of sp³-hybridized carbons (Fsp3) is 0.619. The molecule has 2 bridgehead atoms. The molecule has 31 heavy (non-hydrogen) atoms. The largest absolute Gasteiger partial charge is 0.463 e. The molecule has 7 nitrogen and oxygen atoms in total. The van der Waals surface area contributed by atoms with Gasteiger partial charge in [-0.2, -0.15) is 8.78 Å². The molecule has 0 aromatic heterocycles. The summed E-state index contributed by atoms with van der Waals surface area (Å²) < 4.78 is 47.5. The first-order valence-corrected chi connectivity index (χ1v) is 11.1. The lowest BCUT2D eigenvalue weighted by molar-refractivity contribution is -0.237. The number of carbonyl (C=O) groups is 2. The Morgan fingerprint density at radius 2 is 1.81 bits per heavy atom. The first kappa shape index (κ1) is 23.7. The second-order valence-corrected chi connectivity index (χ2v) is 8.80. The number of aliphatic hydroxyl groups is 1. The molecule has 2 fully saturated rings. The SMILES string of the molecule is CCOC(=O)[C@@]1(OC(=O)N(CC)CC)C(F)(F)[C@H]2O[C@]1(C)[C@@H](O)[C@@H]2Sc1ccccc1. The molecule has 2 saturated heterocycles. The summed E-state index contributed by atoms with van der Waals surface area (Å²) in [5, 5.41) is 9.97. The van der Waals surface area contributed by atoms with Crippen LogP contribution in [0.5, 0.6) is 0 Å². The lowest BCUT2D eigenvalue weighted by Gasteiger charge is -2.46.